The highest BCUT2D eigenvalue weighted by Gasteiger charge is 2.30. The zero-order valence-corrected chi connectivity index (χ0v) is 21.5. The average Bonchev–Trinajstić information content (AvgIpc) is 2.74. The highest BCUT2D eigenvalue weighted by atomic mass is 79.9. The maximum atomic E-state index is 14.3. The Balaban J connectivity index is 2.36. The number of hydrogen-bond acceptors (Lipinski definition) is 4. The summed E-state index contributed by atoms with van der Waals surface area (Å²) in [6.07, 6.45) is 1.00. The third-order valence-electron chi connectivity index (χ3n) is 4.94. The lowest BCUT2D eigenvalue weighted by Crippen LogP contribution is -2.51. The number of anilines is 1. The van der Waals surface area contributed by atoms with Crippen molar-refractivity contribution < 1.29 is 22.4 Å². The van der Waals surface area contributed by atoms with Crippen molar-refractivity contribution in [1.29, 1.82) is 0 Å². The molecule has 0 radical (unpaired) electrons. The summed E-state index contributed by atoms with van der Waals surface area (Å²) in [6.45, 7) is 5.12. The van der Waals surface area contributed by atoms with E-state index in [0.29, 0.717) is 12.2 Å². The van der Waals surface area contributed by atoms with Gasteiger partial charge in [-0.15, -0.1) is 0 Å². The molecule has 2 aromatic carbocycles. The van der Waals surface area contributed by atoms with E-state index in [4.69, 9.17) is 0 Å². The van der Waals surface area contributed by atoms with Gasteiger partial charge < -0.3 is 10.2 Å². The van der Waals surface area contributed by atoms with Crippen LogP contribution in [0.3, 0.4) is 0 Å². The van der Waals surface area contributed by atoms with Crippen LogP contribution in [-0.4, -0.2) is 50.5 Å². The molecule has 0 saturated carbocycles. The van der Waals surface area contributed by atoms with Crippen LogP contribution in [0.25, 0.3) is 0 Å². The van der Waals surface area contributed by atoms with Crippen molar-refractivity contribution in [1.82, 2.24) is 10.2 Å². The van der Waals surface area contributed by atoms with E-state index in [1.807, 2.05) is 13.8 Å². The zero-order chi connectivity index (χ0) is 24.8. The number of carbonyl (C=O) groups excluding carboxylic acids is 2. The first-order valence-electron chi connectivity index (χ1n) is 10.4. The number of nitrogens with zero attached hydrogens (tertiary/aromatic N) is 2. The van der Waals surface area contributed by atoms with Crippen LogP contribution in [0, 0.1) is 11.7 Å². The smallest absolute Gasteiger partial charge is 0.244 e. The van der Waals surface area contributed by atoms with E-state index in [1.54, 1.807) is 37.3 Å². The van der Waals surface area contributed by atoms with Crippen LogP contribution in [-0.2, 0) is 26.2 Å². The molecule has 0 aliphatic heterocycles. The van der Waals surface area contributed by atoms with E-state index in [-0.39, 0.29) is 18.0 Å². The maximum absolute atomic E-state index is 14.3. The molecule has 0 fully saturated rings. The van der Waals surface area contributed by atoms with Crippen LogP contribution in [0.1, 0.15) is 26.3 Å². The van der Waals surface area contributed by atoms with Crippen LogP contribution in [0.5, 0.6) is 0 Å². The molecule has 0 heterocycles. The minimum Gasteiger partial charge on any atom is -0.354 e. The molecule has 7 nitrogen and oxygen atoms in total. The molecular formula is C23H29BrFN3O4S. The molecule has 33 heavy (non-hydrogen) atoms. The fraction of sp³-hybridized carbons (Fsp3) is 0.391. The molecule has 0 unspecified atom stereocenters. The van der Waals surface area contributed by atoms with Crippen molar-refractivity contribution in [2.45, 2.75) is 33.4 Å². The van der Waals surface area contributed by atoms with Gasteiger partial charge in [-0.3, -0.25) is 13.9 Å². The van der Waals surface area contributed by atoms with E-state index in [0.717, 1.165) is 15.0 Å². The minimum atomic E-state index is -3.81. The van der Waals surface area contributed by atoms with Crippen molar-refractivity contribution in [3.05, 3.63) is 64.4 Å². The van der Waals surface area contributed by atoms with E-state index in [9.17, 15) is 22.4 Å². The number of benzene rings is 2. The van der Waals surface area contributed by atoms with Crippen molar-refractivity contribution in [2.24, 2.45) is 5.92 Å². The Morgan fingerprint density at radius 1 is 1.06 bits per heavy atom. The van der Waals surface area contributed by atoms with Gasteiger partial charge >= 0.3 is 0 Å². The molecule has 0 aromatic heterocycles. The highest BCUT2D eigenvalue weighted by Crippen LogP contribution is 2.22. The molecule has 1 N–H and O–H groups in total. The molecule has 1 atom stereocenters. The largest absolute Gasteiger partial charge is 0.354 e. The number of amides is 2. The van der Waals surface area contributed by atoms with E-state index in [1.165, 1.54) is 23.1 Å². The third kappa shape index (κ3) is 7.82. The van der Waals surface area contributed by atoms with Crippen molar-refractivity contribution >= 4 is 43.5 Å². The Bertz CT molecular complexity index is 1080. The Morgan fingerprint density at radius 2 is 1.67 bits per heavy atom. The first-order valence-corrected chi connectivity index (χ1v) is 13.1. The normalized spacial score (nSPS) is 12.3. The fourth-order valence-corrected chi connectivity index (χ4v) is 4.18. The van der Waals surface area contributed by atoms with Gasteiger partial charge in [0.15, 0.2) is 0 Å². The summed E-state index contributed by atoms with van der Waals surface area (Å²) in [5, 5.41) is 2.78. The molecule has 0 aliphatic rings. The van der Waals surface area contributed by atoms with Gasteiger partial charge in [0.25, 0.3) is 0 Å². The molecular weight excluding hydrogens is 513 g/mol. The second-order valence-electron chi connectivity index (χ2n) is 8.17. The monoisotopic (exact) mass is 541 g/mol. The summed E-state index contributed by atoms with van der Waals surface area (Å²) < 4.78 is 41.0. The number of sulfonamides is 1. The lowest BCUT2D eigenvalue weighted by atomic mass is 10.1. The molecule has 0 spiro atoms. The van der Waals surface area contributed by atoms with Crippen LogP contribution in [0.4, 0.5) is 10.1 Å². The molecule has 180 valence electrons. The summed E-state index contributed by atoms with van der Waals surface area (Å²) in [5.41, 5.74) is 0.528. The van der Waals surface area contributed by atoms with Crippen molar-refractivity contribution in [3.8, 4) is 0 Å². The zero-order valence-electron chi connectivity index (χ0n) is 19.1. The first-order chi connectivity index (χ1) is 15.4. The van der Waals surface area contributed by atoms with E-state index < -0.39 is 40.2 Å². The second kappa shape index (κ2) is 11.6. The minimum absolute atomic E-state index is 0.181. The predicted molar refractivity (Wildman–Crippen MR) is 131 cm³/mol. The third-order valence-corrected chi connectivity index (χ3v) is 6.61. The molecule has 2 rings (SSSR count). The van der Waals surface area contributed by atoms with Gasteiger partial charge in [0.05, 0.1) is 11.9 Å². The molecule has 0 bridgehead atoms. The van der Waals surface area contributed by atoms with Crippen molar-refractivity contribution in [2.75, 3.05) is 23.7 Å². The van der Waals surface area contributed by atoms with Crippen LogP contribution < -0.4 is 9.62 Å². The standard InChI is InChI=1S/C23H29BrFN3O4S/c1-16(2)13-26-23(30)17(3)27(14-18-7-5-6-8-21(18)25)22(29)15-28(33(4,31)32)20-11-9-19(24)10-12-20/h5-12,16-17H,13-15H2,1-4H3,(H,26,30)/t17-/m1/s1. The van der Waals surface area contributed by atoms with Gasteiger partial charge in [-0.2, -0.15) is 0 Å². The first kappa shape index (κ1) is 26.8. The number of carbonyl (C=O) groups is 2. The Morgan fingerprint density at radius 3 is 2.21 bits per heavy atom. The fourth-order valence-electron chi connectivity index (χ4n) is 3.07. The molecule has 0 aliphatic carbocycles. The average molecular weight is 542 g/mol. The van der Waals surface area contributed by atoms with Crippen LogP contribution in [0.15, 0.2) is 53.0 Å². The molecule has 10 heteroatoms. The Hall–Kier alpha value is -2.46. The van der Waals surface area contributed by atoms with E-state index in [2.05, 4.69) is 21.2 Å². The van der Waals surface area contributed by atoms with Crippen LogP contribution in [0.2, 0.25) is 0 Å². The summed E-state index contributed by atoms with van der Waals surface area (Å²) in [6, 6.07) is 11.5. The van der Waals surface area contributed by atoms with Gasteiger partial charge in [-0.05, 0) is 43.2 Å². The highest BCUT2D eigenvalue weighted by molar-refractivity contribution is 9.10. The van der Waals surface area contributed by atoms with Gasteiger partial charge in [0, 0.05) is 23.1 Å². The molecule has 0 saturated heterocycles. The number of rotatable bonds is 10. The molecule has 2 amide bonds. The number of hydrogen-bond donors (Lipinski definition) is 1. The second-order valence-corrected chi connectivity index (χ2v) is 11.0. The van der Waals surface area contributed by atoms with Gasteiger partial charge in [-0.1, -0.05) is 48.0 Å². The SMILES string of the molecule is CC(C)CNC(=O)[C@@H](C)N(Cc1ccccc1F)C(=O)CN(c1ccc(Br)cc1)S(C)(=O)=O. The lowest BCUT2D eigenvalue weighted by molar-refractivity contribution is -0.139. The quantitative estimate of drug-likeness (QED) is 0.498. The summed E-state index contributed by atoms with van der Waals surface area (Å²) >= 11 is 3.30. The van der Waals surface area contributed by atoms with Gasteiger partial charge in [0.2, 0.25) is 21.8 Å². The topological polar surface area (TPSA) is 86.8 Å². The summed E-state index contributed by atoms with van der Waals surface area (Å²) in [4.78, 5) is 27.3. The van der Waals surface area contributed by atoms with E-state index >= 15 is 0 Å². The predicted octanol–water partition coefficient (Wildman–Crippen LogP) is 3.54. The summed E-state index contributed by atoms with van der Waals surface area (Å²) in [7, 11) is -3.81. The van der Waals surface area contributed by atoms with Crippen molar-refractivity contribution in [3.63, 3.8) is 0 Å². The maximum Gasteiger partial charge on any atom is 0.244 e. The Kier molecular flexibility index (Phi) is 9.42. The number of halogens is 2. The number of nitrogens with one attached hydrogen (secondary N) is 1. The molecule has 2 aromatic rings. The van der Waals surface area contributed by atoms with Crippen LogP contribution >= 0.6 is 15.9 Å². The Labute approximate surface area is 203 Å². The lowest BCUT2D eigenvalue weighted by Gasteiger charge is -2.31. The summed E-state index contributed by atoms with van der Waals surface area (Å²) in [5.74, 6) is -1.34. The van der Waals surface area contributed by atoms with Gasteiger partial charge in [-0.25, -0.2) is 12.8 Å². The van der Waals surface area contributed by atoms with Gasteiger partial charge in [0.1, 0.15) is 18.4 Å².